The van der Waals surface area contributed by atoms with Gasteiger partial charge >= 0.3 is 0 Å². The molecule has 1 aliphatic rings. The predicted molar refractivity (Wildman–Crippen MR) is 98.5 cm³/mol. The molecule has 0 spiro atoms. The Bertz CT molecular complexity index is 975. The minimum absolute atomic E-state index is 0.0560. The van der Waals surface area contributed by atoms with Gasteiger partial charge in [-0.3, -0.25) is 19.4 Å². The molecule has 3 aromatic rings. The highest BCUT2D eigenvalue weighted by Crippen LogP contribution is 2.20. The summed E-state index contributed by atoms with van der Waals surface area (Å²) >= 11 is 0. The second-order valence-corrected chi connectivity index (χ2v) is 6.64. The molecule has 4 rings (SSSR count). The second-order valence-electron chi connectivity index (χ2n) is 6.64. The highest BCUT2D eigenvalue weighted by atomic mass is 16.1. The Balaban J connectivity index is 1.57. The first-order valence-corrected chi connectivity index (χ1v) is 8.91. The van der Waals surface area contributed by atoms with Crippen LogP contribution in [0.4, 0.5) is 0 Å². The van der Waals surface area contributed by atoms with Crippen molar-refractivity contribution in [1.29, 1.82) is 0 Å². The van der Waals surface area contributed by atoms with Gasteiger partial charge in [-0.25, -0.2) is 4.98 Å². The average molecular weight is 350 g/mol. The summed E-state index contributed by atoms with van der Waals surface area (Å²) < 4.78 is 1.96. The lowest BCUT2D eigenvalue weighted by molar-refractivity contribution is 0.241. The number of H-pyrrole nitrogens is 1. The van der Waals surface area contributed by atoms with E-state index in [-0.39, 0.29) is 5.56 Å². The molecule has 4 heterocycles. The Morgan fingerprint density at radius 1 is 1.35 bits per heavy atom. The zero-order valence-corrected chi connectivity index (χ0v) is 15.1. The molecule has 3 aromatic heterocycles. The number of nitrogens with zero attached hydrogens (tertiary/aromatic N) is 5. The lowest BCUT2D eigenvalue weighted by atomic mass is 10.1. The third-order valence-corrected chi connectivity index (χ3v) is 4.85. The largest absolute Gasteiger partial charge is 0.306 e. The van der Waals surface area contributed by atoms with E-state index >= 15 is 0 Å². The first kappa shape index (κ1) is 16.7. The number of aromatic nitrogens is 5. The SMILES string of the molecule is CCn1cc(CN2CCc3nc(-c4cccnc4)[nH]c(=O)c3C2)c(C)n1. The second kappa shape index (κ2) is 6.84. The van der Waals surface area contributed by atoms with Crippen molar-refractivity contribution in [3.63, 3.8) is 0 Å². The lowest BCUT2D eigenvalue weighted by Gasteiger charge is -2.27. The molecular formula is C19H22N6O. The van der Waals surface area contributed by atoms with Gasteiger partial charge in [0.25, 0.3) is 5.56 Å². The van der Waals surface area contributed by atoms with E-state index in [4.69, 9.17) is 0 Å². The molecule has 1 N–H and O–H groups in total. The van der Waals surface area contributed by atoms with Crippen LogP contribution in [0, 0.1) is 6.92 Å². The van der Waals surface area contributed by atoms with Gasteiger partial charge in [0, 0.05) is 62.3 Å². The summed E-state index contributed by atoms with van der Waals surface area (Å²) in [5, 5.41) is 4.51. The van der Waals surface area contributed by atoms with E-state index in [1.54, 1.807) is 12.4 Å². The Hall–Kier alpha value is -2.80. The Labute approximate surface area is 151 Å². The fraction of sp³-hybridized carbons (Fsp3) is 0.368. The van der Waals surface area contributed by atoms with E-state index in [2.05, 4.69) is 38.1 Å². The van der Waals surface area contributed by atoms with Crippen LogP contribution < -0.4 is 5.56 Å². The summed E-state index contributed by atoms with van der Waals surface area (Å²) in [5.41, 5.74) is 4.70. The molecule has 0 aromatic carbocycles. The smallest absolute Gasteiger partial charge is 0.255 e. The molecule has 0 unspecified atom stereocenters. The van der Waals surface area contributed by atoms with Crippen molar-refractivity contribution < 1.29 is 0 Å². The Morgan fingerprint density at radius 2 is 2.23 bits per heavy atom. The van der Waals surface area contributed by atoms with Crippen molar-refractivity contribution >= 4 is 0 Å². The van der Waals surface area contributed by atoms with Crippen LogP contribution in [0.15, 0.2) is 35.5 Å². The van der Waals surface area contributed by atoms with Crippen molar-refractivity contribution in [3.8, 4) is 11.4 Å². The summed E-state index contributed by atoms with van der Waals surface area (Å²) in [5.74, 6) is 0.593. The van der Waals surface area contributed by atoms with E-state index in [9.17, 15) is 4.79 Å². The third kappa shape index (κ3) is 3.17. The van der Waals surface area contributed by atoms with E-state index in [1.165, 1.54) is 5.56 Å². The van der Waals surface area contributed by atoms with Crippen molar-refractivity contribution in [2.24, 2.45) is 0 Å². The summed E-state index contributed by atoms with van der Waals surface area (Å²) in [6, 6.07) is 3.75. The van der Waals surface area contributed by atoms with Crippen LogP contribution in [0.2, 0.25) is 0 Å². The van der Waals surface area contributed by atoms with Crippen molar-refractivity contribution in [2.45, 2.75) is 39.9 Å². The number of aryl methyl sites for hydroxylation is 2. The van der Waals surface area contributed by atoms with Gasteiger partial charge in [0.05, 0.1) is 17.0 Å². The molecule has 0 bridgehead atoms. The molecule has 1 aliphatic heterocycles. The van der Waals surface area contributed by atoms with Gasteiger partial charge in [-0.15, -0.1) is 0 Å². The van der Waals surface area contributed by atoms with Gasteiger partial charge in [0.1, 0.15) is 5.82 Å². The fourth-order valence-electron chi connectivity index (χ4n) is 3.37. The summed E-state index contributed by atoms with van der Waals surface area (Å²) in [4.78, 5) is 26.6. The summed E-state index contributed by atoms with van der Waals surface area (Å²) in [6.45, 7) is 7.28. The minimum atomic E-state index is -0.0560. The Kier molecular flexibility index (Phi) is 4.38. The molecule has 134 valence electrons. The van der Waals surface area contributed by atoms with Gasteiger partial charge in [0.15, 0.2) is 0 Å². The quantitative estimate of drug-likeness (QED) is 0.777. The van der Waals surface area contributed by atoms with Crippen molar-refractivity contribution in [2.75, 3.05) is 6.54 Å². The van der Waals surface area contributed by atoms with Crippen LogP contribution in [0.1, 0.15) is 29.4 Å². The first-order chi connectivity index (χ1) is 12.6. The zero-order valence-electron chi connectivity index (χ0n) is 15.1. The predicted octanol–water partition coefficient (Wildman–Crippen LogP) is 1.92. The number of hydrogen-bond donors (Lipinski definition) is 1. The van der Waals surface area contributed by atoms with Gasteiger partial charge < -0.3 is 4.98 Å². The van der Waals surface area contributed by atoms with Gasteiger partial charge in [-0.2, -0.15) is 5.10 Å². The maximum absolute atomic E-state index is 12.6. The van der Waals surface area contributed by atoms with Crippen LogP contribution in [-0.4, -0.2) is 36.2 Å². The van der Waals surface area contributed by atoms with Crippen LogP contribution in [-0.2, 0) is 26.1 Å². The summed E-state index contributed by atoms with van der Waals surface area (Å²) in [6.07, 6.45) is 6.29. The standard InChI is InChI=1S/C19H22N6O/c1-3-25-11-15(13(2)23-25)10-24-8-6-17-16(12-24)19(26)22-18(21-17)14-5-4-7-20-9-14/h4-5,7,9,11H,3,6,8,10,12H2,1-2H3,(H,21,22,26). The van der Waals surface area contributed by atoms with E-state index in [0.717, 1.165) is 48.6 Å². The number of aromatic amines is 1. The van der Waals surface area contributed by atoms with Gasteiger partial charge in [-0.05, 0) is 26.0 Å². The molecule has 7 heteroatoms. The third-order valence-electron chi connectivity index (χ3n) is 4.85. The number of rotatable bonds is 4. The average Bonchev–Trinajstić information content (AvgIpc) is 3.02. The van der Waals surface area contributed by atoms with Gasteiger partial charge in [-0.1, -0.05) is 0 Å². The number of fused-ring (bicyclic) bond motifs is 1. The highest BCUT2D eigenvalue weighted by molar-refractivity contribution is 5.53. The Morgan fingerprint density at radius 3 is 2.96 bits per heavy atom. The monoisotopic (exact) mass is 350 g/mol. The van der Waals surface area contributed by atoms with Crippen LogP contribution in [0.25, 0.3) is 11.4 Å². The molecule has 0 saturated carbocycles. The van der Waals surface area contributed by atoms with E-state index < -0.39 is 0 Å². The highest BCUT2D eigenvalue weighted by Gasteiger charge is 2.22. The lowest BCUT2D eigenvalue weighted by Crippen LogP contribution is -2.35. The molecule has 0 amide bonds. The molecular weight excluding hydrogens is 328 g/mol. The summed E-state index contributed by atoms with van der Waals surface area (Å²) in [7, 11) is 0. The maximum Gasteiger partial charge on any atom is 0.255 e. The molecule has 0 saturated heterocycles. The molecule has 0 radical (unpaired) electrons. The molecule has 0 fully saturated rings. The van der Waals surface area contributed by atoms with Crippen molar-refractivity contribution in [3.05, 3.63) is 63.6 Å². The normalized spacial score (nSPS) is 14.4. The zero-order chi connectivity index (χ0) is 18.1. The molecule has 26 heavy (non-hydrogen) atoms. The van der Waals surface area contributed by atoms with E-state index in [0.29, 0.717) is 12.4 Å². The molecule has 7 nitrogen and oxygen atoms in total. The van der Waals surface area contributed by atoms with Crippen LogP contribution in [0.3, 0.4) is 0 Å². The number of pyridine rings is 1. The van der Waals surface area contributed by atoms with Crippen molar-refractivity contribution in [1.82, 2.24) is 29.6 Å². The van der Waals surface area contributed by atoms with E-state index in [1.807, 2.05) is 23.7 Å². The number of nitrogens with one attached hydrogen (secondary N) is 1. The first-order valence-electron chi connectivity index (χ1n) is 8.91. The fourth-order valence-corrected chi connectivity index (χ4v) is 3.37. The van der Waals surface area contributed by atoms with Gasteiger partial charge in [0.2, 0.25) is 0 Å². The van der Waals surface area contributed by atoms with Crippen LogP contribution >= 0.6 is 0 Å². The maximum atomic E-state index is 12.6. The molecule has 0 aliphatic carbocycles. The molecule has 0 atom stereocenters. The minimum Gasteiger partial charge on any atom is -0.306 e. The van der Waals surface area contributed by atoms with Crippen LogP contribution in [0.5, 0.6) is 0 Å². The topological polar surface area (TPSA) is 79.7 Å². The number of hydrogen-bond acceptors (Lipinski definition) is 5.